The predicted molar refractivity (Wildman–Crippen MR) is 75.1 cm³/mol. The van der Waals surface area contributed by atoms with Gasteiger partial charge in [0.15, 0.2) is 0 Å². The van der Waals surface area contributed by atoms with Crippen LogP contribution in [0.5, 0.6) is 0 Å². The van der Waals surface area contributed by atoms with E-state index < -0.39 is 0 Å². The van der Waals surface area contributed by atoms with Crippen molar-refractivity contribution in [2.45, 2.75) is 5.37 Å². The third-order valence-corrected chi connectivity index (χ3v) is 4.17. The summed E-state index contributed by atoms with van der Waals surface area (Å²) >= 11 is 1.64. The lowest BCUT2D eigenvalue weighted by Crippen LogP contribution is -2.34. The Morgan fingerprint density at radius 2 is 2.06 bits per heavy atom. The van der Waals surface area contributed by atoms with Crippen LogP contribution in [0.3, 0.4) is 0 Å². The summed E-state index contributed by atoms with van der Waals surface area (Å²) in [5.74, 6) is -0.0559. The summed E-state index contributed by atoms with van der Waals surface area (Å²) in [4.78, 5) is 17.9. The highest BCUT2D eigenvalue weighted by molar-refractivity contribution is 8.03. The third kappa shape index (κ3) is 1.78. The van der Waals surface area contributed by atoms with Crippen molar-refractivity contribution < 1.29 is 4.79 Å². The number of fused-ring (bicyclic) bond motifs is 1. The fourth-order valence-electron chi connectivity index (χ4n) is 2.08. The Bertz CT molecular complexity index is 575. The Morgan fingerprint density at radius 3 is 2.83 bits per heavy atom. The summed E-state index contributed by atoms with van der Waals surface area (Å²) in [7, 11) is 1.81. The maximum atomic E-state index is 11.8. The van der Waals surface area contributed by atoms with E-state index in [1.807, 2.05) is 48.9 Å². The molecular formula is C14H12N2OS. The zero-order chi connectivity index (χ0) is 12.5. The average molecular weight is 256 g/mol. The van der Waals surface area contributed by atoms with Crippen molar-refractivity contribution in [2.75, 3.05) is 7.05 Å². The molecule has 18 heavy (non-hydrogen) atoms. The van der Waals surface area contributed by atoms with Crippen molar-refractivity contribution in [3.63, 3.8) is 0 Å². The minimum absolute atomic E-state index is 0.0372. The van der Waals surface area contributed by atoms with E-state index in [1.165, 1.54) is 6.21 Å². The van der Waals surface area contributed by atoms with Crippen molar-refractivity contribution in [3.05, 3.63) is 53.0 Å². The maximum Gasteiger partial charge on any atom is 0.265 e. The molecule has 0 aromatic heterocycles. The van der Waals surface area contributed by atoms with Gasteiger partial charge in [-0.05, 0) is 11.5 Å². The summed E-state index contributed by atoms with van der Waals surface area (Å²) in [5, 5.41) is 2.06. The summed E-state index contributed by atoms with van der Waals surface area (Å²) in [5.41, 5.74) is 3.03. The molecule has 0 saturated carbocycles. The van der Waals surface area contributed by atoms with E-state index in [9.17, 15) is 4.79 Å². The normalized spacial score (nSPS) is 22.4. The van der Waals surface area contributed by atoms with Crippen LogP contribution >= 0.6 is 11.8 Å². The standard InChI is InChI=1S/C14H12N2OS/c1-16-12(17)9-15-13(10-5-3-2-4-6-10)11-7-8-18-14(11)16/h2-9,14H,1H3. The Labute approximate surface area is 110 Å². The van der Waals surface area contributed by atoms with Crippen LogP contribution in [0.25, 0.3) is 5.70 Å². The molecule has 0 radical (unpaired) electrons. The van der Waals surface area contributed by atoms with Crippen LogP contribution in [0.15, 0.2) is 52.4 Å². The van der Waals surface area contributed by atoms with E-state index in [4.69, 9.17) is 0 Å². The molecular weight excluding hydrogens is 244 g/mol. The van der Waals surface area contributed by atoms with Gasteiger partial charge in [-0.3, -0.25) is 9.79 Å². The fraction of sp³-hybridized carbons (Fsp3) is 0.143. The van der Waals surface area contributed by atoms with Gasteiger partial charge >= 0.3 is 0 Å². The van der Waals surface area contributed by atoms with Crippen LogP contribution in [0.2, 0.25) is 0 Å². The fourth-order valence-corrected chi connectivity index (χ4v) is 3.07. The van der Waals surface area contributed by atoms with Crippen molar-refractivity contribution >= 4 is 29.6 Å². The minimum atomic E-state index is -0.0559. The topological polar surface area (TPSA) is 32.7 Å². The number of hydrogen-bond acceptors (Lipinski definition) is 3. The molecule has 1 amide bonds. The molecule has 2 aliphatic rings. The number of carbonyl (C=O) groups is 1. The van der Waals surface area contributed by atoms with Gasteiger partial charge in [0.2, 0.25) is 0 Å². The van der Waals surface area contributed by atoms with Crippen molar-refractivity contribution in [2.24, 2.45) is 4.99 Å². The zero-order valence-electron chi connectivity index (χ0n) is 9.91. The van der Waals surface area contributed by atoms with Gasteiger partial charge in [-0.2, -0.15) is 0 Å². The molecule has 90 valence electrons. The molecule has 1 aromatic rings. The Kier molecular flexibility index (Phi) is 2.80. The van der Waals surface area contributed by atoms with E-state index in [0.29, 0.717) is 0 Å². The summed E-state index contributed by atoms with van der Waals surface area (Å²) in [6.07, 6.45) is 3.45. The zero-order valence-corrected chi connectivity index (χ0v) is 10.7. The van der Waals surface area contributed by atoms with Crippen LogP contribution in [-0.4, -0.2) is 29.4 Å². The van der Waals surface area contributed by atoms with E-state index in [0.717, 1.165) is 16.8 Å². The van der Waals surface area contributed by atoms with Gasteiger partial charge in [0, 0.05) is 18.2 Å². The second-order valence-corrected chi connectivity index (χ2v) is 5.16. The first-order valence-corrected chi connectivity index (χ1v) is 6.64. The van der Waals surface area contributed by atoms with Gasteiger partial charge in [0.05, 0.1) is 11.9 Å². The second kappa shape index (κ2) is 4.46. The largest absolute Gasteiger partial charge is 0.324 e. The number of likely N-dealkylation sites (N-methyl/N-ethyl adjacent to an activating group) is 1. The summed E-state index contributed by atoms with van der Waals surface area (Å²) < 4.78 is 0. The smallest absolute Gasteiger partial charge is 0.265 e. The molecule has 4 heteroatoms. The van der Waals surface area contributed by atoms with Crippen molar-refractivity contribution in [1.29, 1.82) is 0 Å². The predicted octanol–water partition coefficient (Wildman–Crippen LogP) is 2.53. The highest BCUT2D eigenvalue weighted by Crippen LogP contribution is 2.37. The lowest BCUT2D eigenvalue weighted by Gasteiger charge is -2.22. The lowest BCUT2D eigenvalue weighted by atomic mass is 10.1. The Morgan fingerprint density at radius 1 is 1.28 bits per heavy atom. The van der Waals surface area contributed by atoms with Gasteiger partial charge in [-0.15, -0.1) is 11.8 Å². The van der Waals surface area contributed by atoms with Gasteiger partial charge in [0.1, 0.15) is 5.37 Å². The average Bonchev–Trinajstić information content (AvgIpc) is 2.84. The SMILES string of the molecule is CN1C(=O)C=NC(c2ccccc2)=C2C=CSC21. The van der Waals surface area contributed by atoms with Crippen LogP contribution in [0.1, 0.15) is 5.56 Å². The highest BCUT2D eigenvalue weighted by Gasteiger charge is 2.29. The van der Waals surface area contributed by atoms with Crippen LogP contribution in [0, 0.1) is 0 Å². The number of thioether (sulfide) groups is 1. The molecule has 0 N–H and O–H groups in total. The summed E-state index contributed by atoms with van der Waals surface area (Å²) in [6, 6.07) is 9.97. The number of benzene rings is 1. The van der Waals surface area contributed by atoms with Crippen molar-refractivity contribution in [3.8, 4) is 0 Å². The number of aliphatic imine (C=N–C) groups is 1. The molecule has 0 spiro atoms. The summed E-state index contributed by atoms with van der Waals surface area (Å²) in [6.45, 7) is 0. The maximum absolute atomic E-state index is 11.8. The van der Waals surface area contributed by atoms with E-state index >= 15 is 0 Å². The van der Waals surface area contributed by atoms with Gasteiger partial charge in [-0.25, -0.2) is 0 Å². The molecule has 1 atom stereocenters. The van der Waals surface area contributed by atoms with Crippen LogP contribution < -0.4 is 0 Å². The van der Waals surface area contributed by atoms with Gasteiger partial charge < -0.3 is 4.90 Å². The first-order chi connectivity index (χ1) is 8.77. The van der Waals surface area contributed by atoms with Crippen LogP contribution in [-0.2, 0) is 4.79 Å². The first-order valence-electron chi connectivity index (χ1n) is 5.70. The molecule has 1 aromatic carbocycles. The number of carbonyl (C=O) groups excluding carboxylic acids is 1. The monoisotopic (exact) mass is 256 g/mol. The molecule has 3 nitrogen and oxygen atoms in total. The molecule has 0 saturated heterocycles. The number of hydrogen-bond donors (Lipinski definition) is 0. The van der Waals surface area contributed by atoms with E-state index in [-0.39, 0.29) is 11.3 Å². The number of nitrogens with zero attached hydrogens (tertiary/aromatic N) is 2. The number of rotatable bonds is 1. The molecule has 1 unspecified atom stereocenters. The minimum Gasteiger partial charge on any atom is -0.324 e. The first kappa shape index (κ1) is 11.3. The Hall–Kier alpha value is -1.81. The quantitative estimate of drug-likeness (QED) is 0.773. The van der Waals surface area contributed by atoms with Crippen molar-refractivity contribution in [1.82, 2.24) is 4.90 Å². The molecule has 2 heterocycles. The molecule has 0 bridgehead atoms. The highest BCUT2D eigenvalue weighted by atomic mass is 32.2. The molecule has 3 rings (SSSR count). The lowest BCUT2D eigenvalue weighted by molar-refractivity contribution is -0.122. The van der Waals surface area contributed by atoms with Gasteiger partial charge in [0.25, 0.3) is 5.91 Å². The van der Waals surface area contributed by atoms with E-state index in [1.54, 1.807) is 16.7 Å². The van der Waals surface area contributed by atoms with E-state index in [2.05, 4.69) is 4.99 Å². The van der Waals surface area contributed by atoms with Crippen LogP contribution in [0.4, 0.5) is 0 Å². The molecule has 2 aliphatic heterocycles. The number of amides is 1. The third-order valence-electron chi connectivity index (χ3n) is 3.05. The Balaban J connectivity index is 2.15. The van der Waals surface area contributed by atoms with Gasteiger partial charge in [-0.1, -0.05) is 30.3 Å². The molecule has 0 aliphatic carbocycles. The second-order valence-electron chi connectivity index (χ2n) is 4.17. The molecule has 0 fully saturated rings.